The Labute approximate surface area is 134 Å². The highest BCUT2D eigenvalue weighted by Crippen LogP contribution is 2.42. The van der Waals surface area contributed by atoms with Crippen LogP contribution in [0, 0.1) is 12.3 Å². The first-order valence-electron chi connectivity index (χ1n) is 6.48. The van der Waals surface area contributed by atoms with Gasteiger partial charge in [0.1, 0.15) is 15.9 Å². The number of nitrogens with zero attached hydrogens (tertiary/aromatic N) is 2. The van der Waals surface area contributed by atoms with E-state index in [4.69, 9.17) is 5.41 Å². The molecule has 0 radical (unpaired) electrons. The van der Waals surface area contributed by atoms with E-state index >= 15 is 0 Å². The molecule has 1 N–H and O–H groups in total. The molecule has 3 rings (SSSR count). The standard InChI is InChI=1S/C14H13N3OS3/c1-3-10-16-17-14(21-10)11-12(18)9(20-13(11)15)6-8-7(2)4-5-19-8/h4-6,11,15H,3H2,1-2H3. The number of allylic oxidation sites excluding steroid dienone is 1. The number of carbonyl (C=O) groups is 1. The lowest BCUT2D eigenvalue weighted by Crippen LogP contribution is -2.11. The van der Waals surface area contributed by atoms with Crippen LogP contribution >= 0.6 is 34.4 Å². The quantitative estimate of drug-likeness (QED) is 0.864. The van der Waals surface area contributed by atoms with E-state index in [0.717, 1.165) is 21.9 Å². The van der Waals surface area contributed by atoms with Crippen LogP contribution in [0.25, 0.3) is 6.08 Å². The first-order chi connectivity index (χ1) is 10.1. The number of Topliss-reactive ketones (excluding diaryl/α,β-unsaturated/α-hetero) is 1. The van der Waals surface area contributed by atoms with Gasteiger partial charge in [-0.1, -0.05) is 18.7 Å². The Morgan fingerprint density at radius 2 is 2.24 bits per heavy atom. The van der Waals surface area contributed by atoms with Gasteiger partial charge in [-0.05, 0) is 36.4 Å². The van der Waals surface area contributed by atoms with Gasteiger partial charge in [0.05, 0.1) is 9.95 Å². The molecule has 0 bridgehead atoms. The fourth-order valence-electron chi connectivity index (χ4n) is 1.99. The van der Waals surface area contributed by atoms with Crippen LogP contribution in [0.15, 0.2) is 16.4 Å². The molecule has 1 atom stereocenters. The number of aryl methyl sites for hydroxylation is 2. The number of ketones is 1. The molecule has 2 aromatic rings. The zero-order chi connectivity index (χ0) is 15.0. The summed E-state index contributed by atoms with van der Waals surface area (Å²) in [7, 11) is 0. The fraction of sp³-hybridized carbons (Fsp3) is 0.286. The van der Waals surface area contributed by atoms with Gasteiger partial charge in [-0.25, -0.2) is 0 Å². The third-order valence-electron chi connectivity index (χ3n) is 3.18. The van der Waals surface area contributed by atoms with Gasteiger partial charge >= 0.3 is 0 Å². The minimum atomic E-state index is -0.556. The third-order valence-corrected chi connectivity index (χ3v) is 6.28. The molecule has 1 aliphatic rings. The van der Waals surface area contributed by atoms with E-state index in [9.17, 15) is 4.79 Å². The van der Waals surface area contributed by atoms with Crippen molar-refractivity contribution in [3.63, 3.8) is 0 Å². The molecule has 0 aromatic carbocycles. The molecule has 0 spiro atoms. The molecule has 1 aliphatic heterocycles. The first kappa shape index (κ1) is 14.6. The minimum Gasteiger partial charge on any atom is -0.297 e. The van der Waals surface area contributed by atoms with Gasteiger partial charge in [0, 0.05) is 4.88 Å². The number of thiophene rings is 1. The summed E-state index contributed by atoms with van der Waals surface area (Å²) in [5, 5.41) is 20.1. The summed E-state index contributed by atoms with van der Waals surface area (Å²) in [6.45, 7) is 4.03. The van der Waals surface area contributed by atoms with Crippen LogP contribution < -0.4 is 0 Å². The van der Waals surface area contributed by atoms with Crippen molar-refractivity contribution in [2.45, 2.75) is 26.2 Å². The second-order valence-corrected chi connectivity index (χ2v) is 7.75. The lowest BCUT2D eigenvalue weighted by molar-refractivity contribution is -0.114. The van der Waals surface area contributed by atoms with Gasteiger partial charge in [-0.3, -0.25) is 10.2 Å². The van der Waals surface area contributed by atoms with Gasteiger partial charge in [-0.2, -0.15) is 0 Å². The summed E-state index contributed by atoms with van der Waals surface area (Å²) >= 11 is 4.28. The average Bonchev–Trinajstić information content (AvgIpc) is 3.13. The molecule has 0 amide bonds. The predicted octanol–water partition coefficient (Wildman–Crippen LogP) is 3.89. The summed E-state index contributed by atoms with van der Waals surface area (Å²) in [4.78, 5) is 14.3. The Hall–Kier alpha value is -1.31. The highest BCUT2D eigenvalue weighted by Gasteiger charge is 2.39. The molecular formula is C14H13N3OS3. The van der Waals surface area contributed by atoms with Gasteiger partial charge in [0.2, 0.25) is 0 Å². The van der Waals surface area contributed by atoms with Crippen molar-refractivity contribution < 1.29 is 4.79 Å². The summed E-state index contributed by atoms with van der Waals surface area (Å²) in [5.74, 6) is -0.587. The largest absolute Gasteiger partial charge is 0.297 e. The van der Waals surface area contributed by atoms with E-state index in [1.54, 1.807) is 11.3 Å². The van der Waals surface area contributed by atoms with Gasteiger partial charge in [0.25, 0.3) is 0 Å². The molecule has 1 unspecified atom stereocenters. The highest BCUT2D eigenvalue weighted by molar-refractivity contribution is 8.19. The maximum absolute atomic E-state index is 12.6. The fourth-order valence-corrected chi connectivity index (χ4v) is 4.86. The molecular weight excluding hydrogens is 322 g/mol. The highest BCUT2D eigenvalue weighted by atomic mass is 32.2. The molecule has 108 valence electrons. The van der Waals surface area contributed by atoms with Crippen molar-refractivity contribution in [3.05, 3.63) is 36.8 Å². The second kappa shape index (κ2) is 5.82. The predicted molar refractivity (Wildman–Crippen MR) is 89.4 cm³/mol. The number of rotatable bonds is 3. The minimum absolute atomic E-state index is 0.0309. The van der Waals surface area contributed by atoms with E-state index in [1.165, 1.54) is 23.1 Å². The number of thioether (sulfide) groups is 1. The second-order valence-electron chi connectivity index (χ2n) is 4.63. The number of carbonyl (C=O) groups excluding carboxylic acids is 1. The Kier molecular flexibility index (Phi) is 4.05. The monoisotopic (exact) mass is 335 g/mol. The van der Waals surface area contributed by atoms with Gasteiger partial charge < -0.3 is 0 Å². The van der Waals surface area contributed by atoms with Crippen molar-refractivity contribution in [2.24, 2.45) is 0 Å². The van der Waals surface area contributed by atoms with Crippen molar-refractivity contribution in [3.8, 4) is 0 Å². The normalized spacial score (nSPS) is 20.7. The van der Waals surface area contributed by atoms with Crippen LogP contribution in [-0.2, 0) is 11.2 Å². The van der Waals surface area contributed by atoms with Gasteiger partial charge in [0.15, 0.2) is 5.78 Å². The van der Waals surface area contributed by atoms with Crippen molar-refractivity contribution in [2.75, 3.05) is 0 Å². The summed E-state index contributed by atoms with van der Waals surface area (Å²) in [5.41, 5.74) is 1.15. The maximum atomic E-state index is 12.6. The summed E-state index contributed by atoms with van der Waals surface area (Å²) < 4.78 is 0. The Morgan fingerprint density at radius 1 is 1.43 bits per heavy atom. The number of aromatic nitrogens is 2. The Balaban J connectivity index is 1.92. The Morgan fingerprint density at radius 3 is 2.86 bits per heavy atom. The molecule has 4 nitrogen and oxygen atoms in total. The van der Waals surface area contributed by atoms with Crippen molar-refractivity contribution in [1.29, 1.82) is 5.41 Å². The average molecular weight is 335 g/mol. The van der Waals surface area contributed by atoms with E-state index in [2.05, 4.69) is 10.2 Å². The van der Waals surface area contributed by atoms with Crippen LogP contribution in [0.3, 0.4) is 0 Å². The number of hydrogen-bond donors (Lipinski definition) is 1. The zero-order valence-corrected chi connectivity index (χ0v) is 14.0. The smallest absolute Gasteiger partial charge is 0.186 e. The van der Waals surface area contributed by atoms with Gasteiger partial charge in [-0.15, -0.1) is 32.9 Å². The molecule has 3 heterocycles. The molecule has 7 heteroatoms. The number of hydrogen-bond acceptors (Lipinski definition) is 7. The van der Waals surface area contributed by atoms with Crippen LogP contribution in [0.5, 0.6) is 0 Å². The van der Waals surface area contributed by atoms with E-state index in [0.29, 0.717) is 15.0 Å². The summed E-state index contributed by atoms with van der Waals surface area (Å²) in [6.07, 6.45) is 2.69. The Bertz CT molecular complexity index is 744. The first-order valence-corrected chi connectivity index (χ1v) is 9.00. The lowest BCUT2D eigenvalue weighted by Gasteiger charge is -2.00. The lowest BCUT2D eigenvalue weighted by atomic mass is 10.1. The SMILES string of the molecule is CCc1nnc(C2C(=N)SC(=Cc3sccc3C)C2=O)s1. The van der Waals surface area contributed by atoms with E-state index in [1.807, 2.05) is 31.4 Å². The van der Waals surface area contributed by atoms with Crippen LogP contribution in [-0.4, -0.2) is 21.0 Å². The third kappa shape index (κ3) is 2.73. The zero-order valence-electron chi connectivity index (χ0n) is 11.5. The molecule has 1 fully saturated rings. The van der Waals surface area contributed by atoms with Crippen molar-refractivity contribution in [1.82, 2.24) is 10.2 Å². The molecule has 0 aliphatic carbocycles. The van der Waals surface area contributed by atoms with Crippen LogP contribution in [0.2, 0.25) is 0 Å². The molecule has 1 saturated heterocycles. The van der Waals surface area contributed by atoms with E-state index < -0.39 is 5.92 Å². The molecule has 2 aromatic heterocycles. The van der Waals surface area contributed by atoms with Crippen molar-refractivity contribution >= 4 is 51.3 Å². The van der Waals surface area contributed by atoms with Crippen LogP contribution in [0.4, 0.5) is 0 Å². The van der Waals surface area contributed by atoms with E-state index in [-0.39, 0.29) is 5.78 Å². The molecule has 21 heavy (non-hydrogen) atoms. The number of nitrogens with one attached hydrogen (secondary N) is 1. The molecule has 0 saturated carbocycles. The maximum Gasteiger partial charge on any atom is 0.186 e. The topological polar surface area (TPSA) is 66.7 Å². The van der Waals surface area contributed by atoms with Crippen LogP contribution in [0.1, 0.15) is 33.3 Å². The summed E-state index contributed by atoms with van der Waals surface area (Å²) in [6, 6.07) is 2.03.